The Kier molecular flexibility index (Phi) is 4.87. The van der Waals surface area contributed by atoms with Gasteiger partial charge in [-0.3, -0.25) is 0 Å². The van der Waals surface area contributed by atoms with E-state index in [0.717, 1.165) is 16.8 Å². The zero-order valence-corrected chi connectivity index (χ0v) is 11.6. The summed E-state index contributed by atoms with van der Waals surface area (Å²) in [6.07, 6.45) is 1.65. The molecule has 1 unspecified atom stereocenters. The summed E-state index contributed by atoms with van der Waals surface area (Å²) in [4.78, 5) is 4.22. The van der Waals surface area contributed by atoms with Gasteiger partial charge in [-0.25, -0.2) is 4.98 Å². The first-order chi connectivity index (χ1) is 7.00. The summed E-state index contributed by atoms with van der Waals surface area (Å²) in [5.74, 6) is 2.14. The van der Waals surface area contributed by atoms with Crippen LogP contribution in [0.25, 0.3) is 0 Å². The molecule has 0 saturated carbocycles. The Morgan fingerprint density at radius 2 is 2.13 bits per heavy atom. The molecule has 1 atom stereocenters. The first-order valence-electron chi connectivity index (χ1n) is 5.05. The topological polar surface area (TPSA) is 24.9 Å². The number of nitrogens with zero attached hydrogens (tertiary/aromatic N) is 1. The van der Waals surface area contributed by atoms with Gasteiger partial charge in [0.25, 0.3) is 0 Å². The Balaban J connectivity index is 2.58. The van der Waals surface area contributed by atoms with Crippen LogP contribution in [-0.2, 0) is 0 Å². The number of nitrogens with one attached hydrogen (secondary N) is 1. The SMILES string of the molecule is CC(C)C(C)CNc1ncc(Cl)cc1Br. The molecule has 0 radical (unpaired) electrons. The van der Waals surface area contributed by atoms with Crippen LogP contribution in [0.2, 0.25) is 5.02 Å². The second kappa shape index (κ2) is 5.71. The van der Waals surface area contributed by atoms with Crippen molar-refractivity contribution in [3.8, 4) is 0 Å². The third-order valence-electron chi connectivity index (χ3n) is 2.54. The van der Waals surface area contributed by atoms with Gasteiger partial charge in [0.05, 0.1) is 9.50 Å². The van der Waals surface area contributed by atoms with E-state index in [1.807, 2.05) is 6.07 Å². The zero-order chi connectivity index (χ0) is 11.4. The highest BCUT2D eigenvalue weighted by Crippen LogP contribution is 2.23. The monoisotopic (exact) mass is 290 g/mol. The van der Waals surface area contributed by atoms with Crippen molar-refractivity contribution in [2.75, 3.05) is 11.9 Å². The molecule has 1 rings (SSSR count). The van der Waals surface area contributed by atoms with Gasteiger partial charge in [-0.05, 0) is 33.8 Å². The first-order valence-corrected chi connectivity index (χ1v) is 6.22. The fourth-order valence-corrected chi connectivity index (χ4v) is 1.82. The van der Waals surface area contributed by atoms with Crippen LogP contribution in [0.3, 0.4) is 0 Å². The average Bonchev–Trinajstić information content (AvgIpc) is 2.15. The number of hydrogen-bond donors (Lipinski definition) is 1. The summed E-state index contributed by atoms with van der Waals surface area (Å²) >= 11 is 9.23. The van der Waals surface area contributed by atoms with Crippen molar-refractivity contribution in [2.24, 2.45) is 11.8 Å². The molecular weight excluding hydrogens is 275 g/mol. The molecule has 1 aromatic heterocycles. The Morgan fingerprint density at radius 1 is 1.47 bits per heavy atom. The molecule has 4 heteroatoms. The van der Waals surface area contributed by atoms with E-state index in [4.69, 9.17) is 11.6 Å². The molecule has 0 aliphatic heterocycles. The maximum absolute atomic E-state index is 5.81. The van der Waals surface area contributed by atoms with Crippen molar-refractivity contribution < 1.29 is 0 Å². The van der Waals surface area contributed by atoms with E-state index in [1.54, 1.807) is 6.20 Å². The number of rotatable bonds is 4. The molecule has 1 heterocycles. The van der Waals surface area contributed by atoms with Gasteiger partial charge in [0.15, 0.2) is 0 Å². The molecule has 15 heavy (non-hydrogen) atoms. The van der Waals surface area contributed by atoms with Crippen LogP contribution in [0.4, 0.5) is 5.82 Å². The summed E-state index contributed by atoms with van der Waals surface area (Å²) in [5.41, 5.74) is 0. The molecule has 0 saturated heterocycles. The maximum atomic E-state index is 5.81. The fraction of sp³-hybridized carbons (Fsp3) is 0.545. The Morgan fingerprint density at radius 3 is 2.67 bits per heavy atom. The van der Waals surface area contributed by atoms with Gasteiger partial charge in [0, 0.05) is 12.7 Å². The van der Waals surface area contributed by atoms with Crippen molar-refractivity contribution in [2.45, 2.75) is 20.8 Å². The van der Waals surface area contributed by atoms with Crippen molar-refractivity contribution >= 4 is 33.3 Å². The van der Waals surface area contributed by atoms with Crippen LogP contribution in [0.15, 0.2) is 16.7 Å². The van der Waals surface area contributed by atoms with E-state index in [0.29, 0.717) is 16.9 Å². The lowest BCUT2D eigenvalue weighted by Crippen LogP contribution is -2.17. The summed E-state index contributed by atoms with van der Waals surface area (Å²) in [6.45, 7) is 7.58. The van der Waals surface area contributed by atoms with Gasteiger partial charge in [0.1, 0.15) is 5.82 Å². The van der Waals surface area contributed by atoms with E-state index in [2.05, 4.69) is 47.0 Å². The van der Waals surface area contributed by atoms with Gasteiger partial charge in [-0.1, -0.05) is 32.4 Å². The molecule has 0 aromatic carbocycles. The van der Waals surface area contributed by atoms with Gasteiger partial charge in [0.2, 0.25) is 0 Å². The standard InChI is InChI=1S/C11H16BrClN2/c1-7(2)8(3)5-14-11-10(12)4-9(13)6-15-11/h4,6-8H,5H2,1-3H3,(H,14,15). The van der Waals surface area contributed by atoms with Gasteiger partial charge in [-0.15, -0.1) is 0 Å². The minimum Gasteiger partial charge on any atom is -0.369 e. The molecule has 1 aromatic rings. The molecule has 0 bridgehead atoms. The Hall–Kier alpha value is -0.280. The van der Waals surface area contributed by atoms with Crippen LogP contribution >= 0.6 is 27.5 Å². The molecule has 1 N–H and O–H groups in total. The van der Waals surface area contributed by atoms with Crippen LogP contribution in [0.1, 0.15) is 20.8 Å². The number of aromatic nitrogens is 1. The highest BCUT2D eigenvalue weighted by Gasteiger charge is 2.08. The Labute approximate surface area is 105 Å². The molecule has 0 fully saturated rings. The molecule has 0 aliphatic carbocycles. The number of hydrogen-bond acceptors (Lipinski definition) is 2. The van der Waals surface area contributed by atoms with Crippen LogP contribution in [0.5, 0.6) is 0 Å². The van der Waals surface area contributed by atoms with Crippen LogP contribution < -0.4 is 5.32 Å². The lowest BCUT2D eigenvalue weighted by Gasteiger charge is -2.17. The second-order valence-electron chi connectivity index (χ2n) is 4.09. The maximum Gasteiger partial charge on any atom is 0.140 e. The third kappa shape index (κ3) is 3.99. The molecule has 84 valence electrons. The van der Waals surface area contributed by atoms with Crippen LogP contribution in [-0.4, -0.2) is 11.5 Å². The normalized spacial score (nSPS) is 12.9. The van der Waals surface area contributed by atoms with Crippen molar-refractivity contribution in [1.82, 2.24) is 4.98 Å². The smallest absolute Gasteiger partial charge is 0.140 e. The van der Waals surface area contributed by atoms with Crippen molar-refractivity contribution in [1.29, 1.82) is 0 Å². The average molecular weight is 292 g/mol. The summed E-state index contributed by atoms with van der Waals surface area (Å²) < 4.78 is 0.908. The van der Waals surface area contributed by atoms with Gasteiger partial charge >= 0.3 is 0 Å². The highest BCUT2D eigenvalue weighted by atomic mass is 79.9. The molecular formula is C11H16BrClN2. The minimum atomic E-state index is 0.620. The quantitative estimate of drug-likeness (QED) is 0.899. The summed E-state index contributed by atoms with van der Waals surface area (Å²) in [7, 11) is 0. The molecule has 0 spiro atoms. The highest BCUT2D eigenvalue weighted by molar-refractivity contribution is 9.10. The molecule has 2 nitrogen and oxygen atoms in total. The van der Waals surface area contributed by atoms with E-state index in [1.165, 1.54) is 0 Å². The molecule has 0 amide bonds. The zero-order valence-electron chi connectivity index (χ0n) is 9.22. The van der Waals surface area contributed by atoms with Crippen LogP contribution in [0, 0.1) is 11.8 Å². The van der Waals surface area contributed by atoms with Gasteiger partial charge in [-0.2, -0.15) is 0 Å². The number of halogens is 2. The largest absolute Gasteiger partial charge is 0.369 e. The summed E-state index contributed by atoms with van der Waals surface area (Å²) in [5, 5.41) is 3.95. The predicted octanol–water partition coefficient (Wildman–Crippen LogP) is 4.20. The van der Waals surface area contributed by atoms with Gasteiger partial charge < -0.3 is 5.32 Å². The van der Waals surface area contributed by atoms with Crippen molar-refractivity contribution in [3.05, 3.63) is 21.8 Å². The fourth-order valence-electron chi connectivity index (χ4n) is 1.04. The number of pyridine rings is 1. The van der Waals surface area contributed by atoms with Crippen molar-refractivity contribution in [3.63, 3.8) is 0 Å². The number of anilines is 1. The Bertz CT molecular complexity index is 328. The minimum absolute atomic E-state index is 0.620. The lowest BCUT2D eigenvalue weighted by molar-refractivity contribution is 0.439. The lowest BCUT2D eigenvalue weighted by atomic mass is 9.98. The van der Waals surface area contributed by atoms with E-state index < -0.39 is 0 Å². The van der Waals surface area contributed by atoms with E-state index in [-0.39, 0.29) is 0 Å². The molecule has 0 aliphatic rings. The third-order valence-corrected chi connectivity index (χ3v) is 3.35. The van der Waals surface area contributed by atoms with E-state index >= 15 is 0 Å². The first kappa shape index (κ1) is 12.8. The van der Waals surface area contributed by atoms with E-state index in [9.17, 15) is 0 Å². The predicted molar refractivity (Wildman–Crippen MR) is 69.4 cm³/mol. The second-order valence-corrected chi connectivity index (χ2v) is 5.38. The summed E-state index contributed by atoms with van der Waals surface area (Å²) in [6, 6.07) is 1.84.